The van der Waals surface area contributed by atoms with Crippen molar-refractivity contribution in [2.24, 2.45) is 5.92 Å². The molecule has 2 N–H and O–H groups in total. The summed E-state index contributed by atoms with van der Waals surface area (Å²) in [5.74, 6) is -1.95. The quantitative estimate of drug-likeness (QED) is 0.249. The lowest BCUT2D eigenvalue weighted by atomic mass is 9.49. The molecular formula is C38H37NO11. The number of benzene rings is 3. The van der Waals surface area contributed by atoms with E-state index < -0.39 is 41.0 Å². The minimum atomic E-state index is -1.15. The molecule has 50 heavy (non-hydrogen) atoms. The van der Waals surface area contributed by atoms with Crippen LogP contribution in [0.15, 0.2) is 36.4 Å². The van der Waals surface area contributed by atoms with E-state index in [4.69, 9.17) is 18.9 Å². The Balaban J connectivity index is 1.13. The Hall–Kier alpha value is -4.81. The van der Waals surface area contributed by atoms with Crippen molar-refractivity contribution < 1.29 is 53.1 Å². The van der Waals surface area contributed by atoms with Gasteiger partial charge in [0.15, 0.2) is 23.4 Å². The molecule has 3 aromatic carbocycles. The van der Waals surface area contributed by atoms with Crippen LogP contribution in [0.3, 0.4) is 0 Å². The molecule has 0 radical (unpaired) electrons. The highest BCUT2D eigenvalue weighted by Gasteiger charge is 2.73. The standard InChI is InChI=1S/C38H37NO11/c1-19(40)47-28-13-22(15-31(43)44)11-25-12-23(14-29(33(25)28)48-20(2)41)16-32(45)49-27-6-5-24-17-30-38(46)8-7-26(42)36-37(38,34(24)35(27)50-36)9-10-39(30)18-21-3-4-21/h5-6,11-14,21,30,36,46H,3-4,7-10,15-18H2,1-2H3,(H,43,44)/t30-,36+,37+,38-/m1/s1. The first-order valence-corrected chi connectivity index (χ1v) is 17.1. The van der Waals surface area contributed by atoms with Crippen LogP contribution in [-0.2, 0) is 48.7 Å². The number of hydrogen-bond acceptors (Lipinski definition) is 11. The molecule has 2 heterocycles. The van der Waals surface area contributed by atoms with Gasteiger partial charge in [0.1, 0.15) is 11.5 Å². The number of ether oxygens (including phenoxy) is 4. The number of carboxylic acids is 1. The number of nitrogens with zero attached hydrogens (tertiary/aromatic N) is 1. The monoisotopic (exact) mass is 683 g/mol. The summed E-state index contributed by atoms with van der Waals surface area (Å²) in [5.41, 5.74) is 0.425. The number of aliphatic hydroxyl groups is 1. The van der Waals surface area contributed by atoms with Crippen molar-refractivity contribution in [3.63, 3.8) is 0 Å². The number of carboxylic acid groups (broad SMARTS) is 1. The van der Waals surface area contributed by atoms with E-state index in [0.29, 0.717) is 47.4 Å². The second-order valence-electron chi connectivity index (χ2n) is 14.4. The van der Waals surface area contributed by atoms with Crippen molar-refractivity contribution in [1.82, 2.24) is 4.90 Å². The van der Waals surface area contributed by atoms with E-state index in [2.05, 4.69) is 4.90 Å². The van der Waals surface area contributed by atoms with Crippen molar-refractivity contribution in [1.29, 1.82) is 0 Å². The van der Waals surface area contributed by atoms with Crippen LogP contribution >= 0.6 is 0 Å². The summed E-state index contributed by atoms with van der Waals surface area (Å²) in [4.78, 5) is 64.9. The zero-order chi connectivity index (χ0) is 35.1. The lowest BCUT2D eigenvalue weighted by Crippen LogP contribution is -2.76. The number of fused-ring (bicyclic) bond motifs is 1. The van der Waals surface area contributed by atoms with Gasteiger partial charge in [-0.15, -0.1) is 0 Å². The molecule has 2 bridgehead atoms. The molecule has 3 fully saturated rings. The second-order valence-corrected chi connectivity index (χ2v) is 14.4. The maximum Gasteiger partial charge on any atom is 0.315 e. The Morgan fingerprint density at radius 1 is 0.920 bits per heavy atom. The number of piperidine rings is 1. The first-order valence-electron chi connectivity index (χ1n) is 17.1. The predicted molar refractivity (Wildman–Crippen MR) is 175 cm³/mol. The molecule has 3 aliphatic carbocycles. The Bertz CT molecular complexity index is 2020. The maximum atomic E-state index is 13.6. The fourth-order valence-corrected chi connectivity index (χ4v) is 9.06. The molecule has 4 atom stereocenters. The van der Waals surface area contributed by atoms with E-state index in [1.54, 1.807) is 18.2 Å². The summed E-state index contributed by atoms with van der Waals surface area (Å²) in [5, 5.41) is 22.6. The fraction of sp³-hybridized carbons (Fsp3) is 0.447. The van der Waals surface area contributed by atoms with Crippen LogP contribution in [0.5, 0.6) is 23.0 Å². The lowest BCUT2D eigenvalue weighted by Gasteiger charge is -2.62. The van der Waals surface area contributed by atoms with Gasteiger partial charge in [0, 0.05) is 38.4 Å². The van der Waals surface area contributed by atoms with Gasteiger partial charge in [0.2, 0.25) is 0 Å². The number of carbonyl (C=O) groups is 5. The van der Waals surface area contributed by atoms with Crippen LogP contribution < -0.4 is 18.9 Å². The van der Waals surface area contributed by atoms with Crippen LogP contribution in [0.25, 0.3) is 10.8 Å². The number of hydrogen-bond donors (Lipinski definition) is 2. The Morgan fingerprint density at radius 3 is 2.24 bits per heavy atom. The predicted octanol–water partition coefficient (Wildman–Crippen LogP) is 3.60. The molecule has 2 saturated carbocycles. The third kappa shape index (κ3) is 5.15. The minimum Gasteiger partial charge on any atom is -0.481 e. The average molecular weight is 684 g/mol. The topological polar surface area (TPSA) is 166 Å². The minimum absolute atomic E-state index is 0.0156. The molecule has 1 saturated heterocycles. The molecule has 0 aromatic heterocycles. The van der Waals surface area contributed by atoms with E-state index in [9.17, 15) is 34.2 Å². The first-order chi connectivity index (χ1) is 23.9. The van der Waals surface area contributed by atoms with Gasteiger partial charge in [-0.3, -0.25) is 28.9 Å². The maximum absolute atomic E-state index is 13.6. The zero-order valence-electron chi connectivity index (χ0n) is 27.8. The number of ketones is 1. The summed E-state index contributed by atoms with van der Waals surface area (Å²) in [6.07, 6.45) is 2.67. The van der Waals surface area contributed by atoms with Crippen molar-refractivity contribution >= 4 is 40.4 Å². The molecule has 5 aliphatic rings. The van der Waals surface area contributed by atoms with Crippen LogP contribution in [0.4, 0.5) is 0 Å². The van der Waals surface area contributed by atoms with Gasteiger partial charge in [-0.1, -0.05) is 18.2 Å². The van der Waals surface area contributed by atoms with Crippen LogP contribution in [0, 0.1) is 5.92 Å². The number of Topliss-reactive ketones (excluding diaryl/α,β-unsaturated/α-hetero) is 1. The van der Waals surface area contributed by atoms with E-state index >= 15 is 0 Å². The molecule has 12 heteroatoms. The summed E-state index contributed by atoms with van der Waals surface area (Å²) >= 11 is 0. The smallest absolute Gasteiger partial charge is 0.315 e. The molecule has 8 rings (SSSR count). The van der Waals surface area contributed by atoms with Gasteiger partial charge in [-0.25, -0.2) is 0 Å². The first kappa shape index (κ1) is 32.4. The number of esters is 3. The highest BCUT2D eigenvalue weighted by molar-refractivity contribution is 5.98. The Labute approximate surface area is 287 Å². The molecule has 1 spiro atoms. The number of likely N-dealkylation sites (tertiary alicyclic amines) is 1. The van der Waals surface area contributed by atoms with Gasteiger partial charge in [0.25, 0.3) is 0 Å². The van der Waals surface area contributed by atoms with Crippen molar-refractivity contribution in [2.75, 3.05) is 13.1 Å². The summed E-state index contributed by atoms with van der Waals surface area (Å²) in [7, 11) is 0. The number of aliphatic carboxylic acids is 1. The Morgan fingerprint density at radius 2 is 1.60 bits per heavy atom. The highest BCUT2D eigenvalue weighted by Crippen LogP contribution is 2.65. The summed E-state index contributed by atoms with van der Waals surface area (Å²) in [6.45, 7) is 4.10. The average Bonchev–Trinajstić information content (AvgIpc) is 3.76. The molecule has 2 aliphatic heterocycles. The van der Waals surface area contributed by atoms with Crippen LogP contribution in [0.1, 0.15) is 68.2 Å². The SMILES string of the molecule is CC(=O)Oc1cc(CC(=O)O)cc2cc(CC(=O)Oc3ccc4c5c3O[C@H]3C(=O)CC[C@@]6(O)[C@@H](C4)N(CC4CC4)CC[C@]536)cc(OC(C)=O)c12. The fourth-order valence-electron chi connectivity index (χ4n) is 9.06. The zero-order valence-corrected chi connectivity index (χ0v) is 27.8. The lowest BCUT2D eigenvalue weighted by molar-refractivity contribution is -0.188. The van der Waals surface area contributed by atoms with Crippen molar-refractivity contribution in [3.8, 4) is 23.0 Å². The van der Waals surface area contributed by atoms with Crippen molar-refractivity contribution in [2.45, 2.75) is 88.4 Å². The third-order valence-corrected chi connectivity index (χ3v) is 11.1. The van der Waals surface area contributed by atoms with Gasteiger partial charge in [-0.05, 0) is 84.8 Å². The highest BCUT2D eigenvalue weighted by atomic mass is 16.6. The van der Waals surface area contributed by atoms with E-state index in [1.165, 1.54) is 38.8 Å². The van der Waals surface area contributed by atoms with Gasteiger partial charge >= 0.3 is 23.9 Å². The molecular weight excluding hydrogens is 646 g/mol. The normalized spacial score (nSPS) is 26.2. The van der Waals surface area contributed by atoms with Gasteiger partial charge in [-0.2, -0.15) is 0 Å². The van der Waals surface area contributed by atoms with Crippen LogP contribution in [-0.4, -0.2) is 75.6 Å². The molecule has 3 aromatic rings. The largest absolute Gasteiger partial charge is 0.481 e. The third-order valence-electron chi connectivity index (χ3n) is 11.1. The molecule has 0 amide bonds. The number of rotatable bonds is 9. The van der Waals surface area contributed by atoms with Crippen LogP contribution in [0.2, 0.25) is 0 Å². The van der Waals surface area contributed by atoms with Gasteiger partial charge < -0.3 is 29.2 Å². The van der Waals surface area contributed by atoms with Crippen molar-refractivity contribution in [3.05, 3.63) is 58.7 Å². The van der Waals surface area contributed by atoms with E-state index in [-0.39, 0.29) is 53.7 Å². The second kappa shape index (κ2) is 11.6. The molecule has 0 unspecified atom stereocenters. The molecule has 12 nitrogen and oxygen atoms in total. The van der Waals surface area contributed by atoms with E-state index in [1.807, 2.05) is 6.07 Å². The number of carbonyl (C=O) groups excluding carboxylic acids is 4. The van der Waals surface area contributed by atoms with Gasteiger partial charge in [0.05, 0.1) is 29.2 Å². The van der Waals surface area contributed by atoms with E-state index in [0.717, 1.165) is 24.2 Å². The summed E-state index contributed by atoms with van der Waals surface area (Å²) < 4.78 is 23.2. The summed E-state index contributed by atoms with van der Waals surface area (Å²) in [6, 6.07) is 9.53. The Kier molecular flexibility index (Phi) is 7.54. The molecule has 260 valence electrons.